The summed E-state index contributed by atoms with van der Waals surface area (Å²) in [5.74, 6) is 0.800. The number of fused-ring (bicyclic) bond motifs is 2. The molecular formula is C12H20N2O2. The minimum atomic E-state index is 0.218. The van der Waals surface area contributed by atoms with Crippen LogP contribution in [-0.2, 0) is 9.53 Å². The summed E-state index contributed by atoms with van der Waals surface area (Å²) in [7, 11) is 0. The van der Waals surface area contributed by atoms with Crippen molar-refractivity contribution in [3.63, 3.8) is 0 Å². The Hall–Kier alpha value is -0.610. The number of piperidine rings is 1. The van der Waals surface area contributed by atoms with Gasteiger partial charge in [0.25, 0.3) is 0 Å². The number of nitrogens with one attached hydrogen (secondary N) is 1. The molecule has 0 radical (unpaired) electrons. The molecule has 0 bridgehead atoms. The van der Waals surface area contributed by atoms with Gasteiger partial charge in [0.05, 0.1) is 19.3 Å². The molecule has 0 aromatic rings. The van der Waals surface area contributed by atoms with Gasteiger partial charge in [-0.2, -0.15) is 0 Å². The van der Waals surface area contributed by atoms with Gasteiger partial charge in [0.1, 0.15) is 0 Å². The molecule has 0 aromatic heterocycles. The van der Waals surface area contributed by atoms with E-state index in [9.17, 15) is 4.79 Å². The molecular weight excluding hydrogens is 204 g/mol. The van der Waals surface area contributed by atoms with Crippen molar-refractivity contribution < 1.29 is 9.53 Å². The third-order valence-electron chi connectivity index (χ3n) is 4.73. The Bertz CT molecular complexity index is 299. The summed E-state index contributed by atoms with van der Waals surface area (Å²) >= 11 is 0. The lowest BCUT2D eigenvalue weighted by Crippen LogP contribution is -2.43. The summed E-state index contributed by atoms with van der Waals surface area (Å²) in [5.41, 5.74) is 0.345. The van der Waals surface area contributed by atoms with Crippen LogP contribution in [0.4, 0.5) is 0 Å². The van der Waals surface area contributed by atoms with Gasteiger partial charge < -0.3 is 15.0 Å². The Morgan fingerprint density at radius 2 is 2.12 bits per heavy atom. The number of ether oxygens (including phenoxy) is 1. The smallest absolute Gasteiger partial charge is 0.219 e. The van der Waals surface area contributed by atoms with Gasteiger partial charge in [0.15, 0.2) is 0 Å². The highest BCUT2D eigenvalue weighted by Gasteiger charge is 2.55. The number of likely N-dealkylation sites (tertiary alicyclic amines) is 1. The molecule has 3 heterocycles. The molecule has 16 heavy (non-hydrogen) atoms. The van der Waals surface area contributed by atoms with Crippen LogP contribution in [0.5, 0.6) is 0 Å². The number of carbonyl (C=O) groups excluding carboxylic acids is 1. The number of carbonyl (C=O) groups is 1. The first-order valence-electron chi connectivity index (χ1n) is 6.29. The standard InChI is InChI=1S/C12H20N2O2/c1-9(15)14-8-12(2-4-13-5-3-12)10-6-16-7-11(10)14/h10-11,13H,2-8H2,1H3. The Morgan fingerprint density at radius 1 is 1.38 bits per heavy atom. The van der Waals surface area contributed by atoms with Gasteiger partial charge in [-0.05, 0) is 31.3 Å². The van der Waals surface area contributed by atoms with E-state index in [0.717, 1.165) is 32.8 Å². The maximum absolute atomic E-state index is 11.7. The lowest BCUT2D eigenvalue weighted by molar-refractivity contribution is -0.130. The maximum Gasteiger partial charge on any atom is 0.219 e. The highest BCUT2D eigenvalue weighted by Crippen LogP contribution is 2.49. The molecule has 3 saturated heterocycles. The second-order valence-electron chi connectivity index (χ2n) is 5.47. The van der Waals surface area contributed by atoms with Crippen molar-refractivity contribution >= 4 is 5.91 Å². The van der Waals surface area contributed by atoms with Gasteiger partial charge >= 0.3 is 0 Å². The van der Waals surface area contributed by atoms with Gasteiger partial charge in [-0.3, -0.25) is 4.79 Å². The SMILES string of the molecule is CC(=O)N1CC2(CCNCC2)C2COCC21. The quantitative estimate of drug-likeness (QED) is 0.640. The molecule has 0 aliphatic carbocycles. The summed E-state index contributed by atoms with van der Waals surface area (Å²) in [4.78, 5) is 13.7. The Balaban J connectivity index is 1.87. The van der Waals surface area contributed by atoms with Crippen molar-refractivity contribution in [2.45, 2.75) is 25.8 Å². The summed E-state index contributed by atoms with van der Waals surface area (Å²) < 4.78 is 5.61. The molecule has 0 saturated carbocycles. The molecule has 3 fully saturated rings. The number of amides is 1. The summed E-state index contributed by atoms with van der Waals surface area (Å²) in [5, 5.41) is 3.42. The summed E-state index contributed by atoms with van der Waals surface area (Å²) in [6.07, 6.45) is 2.39. The largest absolute Gasteiger partial charge is 0.379 e. The molecule has 0 aromatic carbocycles. The van der Waals surface area contributed by atoms with E-state index in [1.807, 2.05) is 0 Å². The average Bonchev–Trinajstić information content (AvgIpc) is 2.84. The third-order valence-corrected chi connectivity index (χ3v) is 4.73. The predicted molar refractivity (Wildman–Crippen MR) is 60.0 cm³/mol. The van der Waals surface area contributed by atoms with Crippen molar-refractivity contribution in [3.8, 4) is 0 Å². The van der Waals surface area contributed by atoms with Crippen LogP contribution in [0.1, 0.15) is 19.8 Å². The van der Waals surface area contributed by atoms with Crippen LogP contribution in [0, 0.1) is 11.3 Å². The molecule has 3 aliphatic heterocycles. The minimum Gasteiger partial charge on any atom is -0.379 e. The lowest BCUT2D eigenvalue weighted by Gasteiger charge is -2.37. The van der Waals surface area contributed by atoms with E-state index in [-0.39, 0.29) is 5.91 Å². The van der Waals surface area contributed by atoms with Gasteiger partial charge in [-0.15, -0.1) is 0 Å². The topological polar surface area (TPSA) is 41.6 Å². The minimum absolute atomic E-state index is 0.218. The van der Waals surface area contributed by atoms with E-state index in [1.165, 1.54) is 12.8 Å². The first-order chi connectivity index (χ1) is 7.73. The Labute approximate surface area is 96.3 Å². The molecule has 3 rings (SSSR count). The van der Waals surface area contributed by atoms with Gasteiger partial charge in [0, 0.05) is 19.4 Å². The van der Waals surface area contributed by atoms with Crippen LogP contribution in [0.15, 0.2) is 0 Å². The fourth-order valence-corrected chi connectivity index (χ4v) is 3.81. The first kappa shape index (κ1) is 10.5. The van der Waals surface area contributed by atoms with E-state index in [0.29, 0.717) is 17.4 Å². The van der Waals surface area contributed by atoms with Crippen LogP contribution >= 0.6 is 0 Å². The number of rotatable bonds is 0. The molecule has 2 unspecified atom stereocenters. The maximum atomic E-state index is 11.7. The molecule has 4 heteroatoms. The van der Waals surface area contributed by atoms with Crippen molar-refractivity contribution in [3.05, 3.63) is 0 Å². The van der Waals surface area contributed by atoms with E-state index in [4.69, 9.17) is 4.74 Å². The van der Waals surface area contributed by atoms with Crippen LogP contribution < -0.4 is 5.32 Å². The second-order valence-corrected chi connectivity index (χ2v) is 5.47. The Kier molecular flexibility index (Phi) is 2.44. The van der Waals surface area contributed by atoms with E-state index in [2.05, 4.69) is 10.2 Å². The monoisotopic (exact) mass is 224 g/mol. The molecule has 1 amide bonds. The van der Waals surface area contributed by atoms with Crippen LogP contribution in [-0.4, -0.2) is 49.7 Å². The van der Waals surface area contributed by atoms with Crippen molar-refractivity contribution in [2.24, 2.45) is 11.3 Å². The fraction of sp³-hybridized carbons (Fsp3) is 0.917. The second kappa shape index (κ2) is 3.70. The molecule has 4 nitrogen and oxygen atoms in total. The third kappa shape index (κ3) is 1.39. The molecule has 1 N–H and O–H groups in total. The highest BCUT2D eigenvalue weighted by atomic mass is 16.5. The number of hydrogen-bond acceptors (Lipinski definition) is 3. The van der Waals surface area contributed by atoms with Crippen molar-refractivity contribution in [1.82, 2.24) is 10.2 Å². The molecule has 1 spiro atoms. The van der Waals surface area contributed by atoms with Gasteiger partial charge in [-0.1, -0.05) is 0 Å². The van der Waals surface area contributed by atoms with E-state index in [1.54, 1.807) is 6.92 Å². The van der Waals surface area contributed by atoms with Crippen LogP contribution in [0.25, 0.3) is 0 Å². The Morgan fingerprint density at radius 3 is 2.81 bits per heavy atom. The number of hydrogen-bond donors (Lipinski definition) is 1. The van der Waals surface area contributed by atoms with E-state index >= 15 is 0 Å². The zero-order chi connectivity index (χ0) is 11.2. The van der Waals surface area contributed by atoms with E-state index < -0.39 is 0 Å². The zero-order valence-electron chi connectivity index (χ0n) is 9.87. The summed E-state index contributed by atoms with van der Waals surface area (Å²) in [6, 6.07) is 0.357. The van der Waals surface area contributed by atoms with Gasteiger partial charge in [-0.25, -0.2) is 0 Å². The van der Waals surface area contributed by atoms with Crippen LogP contribution in [0.3, 0.4) is 0 Å². The zero-order valence-corrected chi connectivity index (χ0v) is 9.87. The first-order valence-corrected chi connectivity index (χ1v) is 6.29. The number of nitrogens with zero attached hydrogens (tertiary/aromatic N) is 1. The summed E-state index contributed by atoms with van der Waals surface area (Å²) in [6.45, 7) is 6.44. The highest BCUT2D eigenvalue weighted by molar-refractivity contribution is 5.74. The molecule has 2 atom stereocenters. The van der Waals surface area contributed by atoms with Crippen molar-refractivity contribution in [2.75, 3.05) is 32.8 Å². The fourth-order valence-electron chi connectivity index (χ4n) is 3.81. The molecule has 3 aliphatic rings. The average molecular weight is 224 g/mol. The van der Waals surface area contributed by atoms with Gasteiger partial charge in [0.2, 0.25) is 5.91 Å². The van der Waals surface area contributed by atoms with Crippen molar-refractivity contribution in [1.29, 1.82) is 0 Å². The lowest BCUT2D eigenvalue weighted by atomic mass is 9.70. The molecule has 90 valence electrons. The van der Waals surface area contributed by atoms with Crippen LogP contribution in [0.2, 0.25) is 0 Å². The normalized spacial score (nSPS) is 36.7. The predicted octanol–water partition coefficient (Wildman–Crippen LogP) is 0.233.